The molecule has 2 rings (SSSR count). The highest BCUT2D eigenvalue weighted by atomic mass is 19.4. The van der Waals surface area contributed by atoms with E-state index in [9.17, 15) is 22.4 Å². The summed E-state index contributed by atoms with van der Waals surface area (Å²) in [4.78, 5) is 11.6. The Morgan fingerprint density at radius 2 is 1.86 bits per heavy atom. The molecule has 112 valence electrons. The summed E-state index contributed by atoms with van der Waals surface area (Å²) >= 11 is 0. The minimum atomic E-state index is -4.72. The molecule has 0 spiro atoms. The number of amides is 2. The Kier molecular flexibility index (Phi) is 4.10. The van der Waals surface area contributed by atoms with E-state index >= 15 is 0 Å². The van der Waals surface area contributed by atoms with Crippen molar-refractivity contribution in [2.45, 2.75) is 12.2 Å². The molecule has 0 aliphatic rings. The largest absolute Gasteiger partial charge is 0.412 e. The number of carbonyl (C=O) groups is 1. The predicted octanol–water partition coefficient (Wildman–Crippen LogP) is 2.97. The highest BCUT2D eigenvalue weighted by Gasteiger charge is 2.42. The number of nitrogens with one attached hydrogen (secondary N) is 3. The molecule has 0 unspecified atom stereocenters. The first-order chi connectivity index (χ1) is 9.86. The number of hydrogen-bond acceptors (Lipinski definition) is 2. The summed E-state index contributed by atoms with van der Waals surface area (Å²) in [5.41, 5.74) is -0.274. The van der Waals surface area contributed by atoms with Crippen molar-refractivity contribution in [1.29, 1.82) is 0 Å². The van der Waals surface area contributed by atoms with Crippen LogP contribution in [0.25, 0.3) is 0 Å². The van der Waals surface area contributed by atoms with Gasteiger partial charge in [-0.3, -0.25) is 10.4 Å². The predicted molar refractivity (Wildman–Crippen MR) is 65.9 cm³/mol. The van der Waals surface area contributed by atoms with Crippen molar-refractivity contribution in [2.75, 3.05) is 5.32 Å². The fraction of sp³-hybridized carbons (Fsp3) is 0.167. The number of nitrogens with zero attached hydrogens (tertiary/aromatic N) is 1. The van der Waals surface area contributed by atoms with Crippen LogP contribution in [0.4, 0.5) is 28.2 Å². The first-order valence-electron chi connectivity index (χ1n) is 5.75. The van der Waals surface area contributed by atoms with Crippen LogP contribution in [-0.2, 0) is 0 Å². The zero-order valence-corrected chi connectivity index (χ0v) is 10.4. The molecule has 9 heteroatoms. The van der Waals surface area contributed by atoms with Crippen molar-refractivity contribution in [3.05, 3.63) is 47.9 Å². The lowest BCUT2D eigenvalue weighted by molar-refractivity contribution is -0.154. The molecule has 0 radical (unpaired) electrons. The van der Waals surface area contributed by atoms with Crippen LogP contribution in [0.3, 0.4) is 0 Å². The van der Waals surface area contributed by atoms with Crippen LogP contribution < -0.4 is 10.6 Å². The van der Waals surface area contributed by atoms with Crippen LogP contribution in [0.1, 0.15) is 11.6 Å². The second-order valence-electron chi connectivity index (χ2n) is 4.09. The van der Waals surface area contributed by atoms with Crippen molar-refractivity contribution < 1.29 is 22.4 Å². The van der Waals surface area contributed by atoms with Crippen molar-refractivity contribution in [3.8, 4) is 0 Å². The molecule has 21 heavy (non-hydrogen) atoms. The Labute approximate surface area is 116 Å². The van der Waals surface area contributed by atoms with E-state index in [1.165, 1.54) is 12.3 Å². The molecule has 1 aromatic heterocycles. The smallest absolute Gasteiger partial charge is 0.322 e. The van der Waals surface area contributed by atoms with Crippen LogP contribution in [0, 0.1) is 5.82 Å². The summed E-state index contributed by atoms with van der Waals surface area (Å²) in [6.07, 6.45) is -3.39. The average molecular weight is 302 g/mol. The number of rotatable bonds is 3. The molecule has 0 saturated carbocycles. The molecule has 0 aliphatic carbocycles. The topological polar surface area (TPSA) is 69.8 Å². The summed E-state index contributed by atoms with van der Waals surface area (Å²) in [6, 6.07) is 1.77. The number of halogens is 4. The van der Waals surface area contributed by atoms with E-state index in [0.29, 0.717) is 0 Å². The molecule has 1 atom stereocenters. The zero-order valence-electron chi connectivity index (χ0n) is 10.4. The lowest BCUT2D eigenvalue weighted by atomic mass is 10.1. The number of anilines is 1. The molecule has 0 bridgehead atoms. The van der Waals surface area contributed by atoms with Crippen LogP contribution in [0.5, 0.6) is 0 Å². The second kappa shape index (κ2) is 5.81. The number of carbonyl (C=O) groups excluding carboxylic acids is 1. The molecular weight excluding hydrogens is 292 g/mol. The number of benzene rings is 1. The van der Waals surface area contributed by atoms with Gasteiger partial charge in [-0.25, -0.2) is 9.18 Å². The summed E-state index contributed by atoms with van der Waals surface area (Å²) in [6.45, 7) is 0. The average Bonchev–Trinajstić information content (AvgIpc) is 2.89. The maximum absolute atomic E-state index is 13.0. The lowest BCUT2D eigenvalue weighted by Gasteiger charge is -2.22. The molecule has 0 aliphatic heterocycles. The Bertz CT molecular complexity index is 595. The Morgan fingerprint density at radius 1 is 1.19 bits per heavy atom. The highest BCUT2D eigenvalue weighted by Crippen LogP contribution is 2.32. The van der Waals surface area contributed by atoms with E-state index < -0.39 is 24.1 Å². The Hall–Kier alpha value is -2.58. The van der Waals surface area contributed by atoms with Gasteiger partial charge in [0.15, 0.2) is 6.04 Å². The summed E-state index contributed by atoms with van der Waals surface area (Å²) in [5.74, 6) is -0.519. The summed E-state index contributed by atoms with van der Waals surface area (Å²) in [7, 11) is 0. The van der Waals surface area contributed by atoms with E-state index in [1.807, 2.05) is 0 Å². The summed E-state index contributed by atoms with van der Waals surface area (Å²) in [5, 5.41) is 9.86. The van der Waals surface area contributed by atoms with E-state index in [-0.39, 0.29) is 11.4 Å². The van der Waals surface area contributed by atoms with Crippen LogP contribution in [-0.4, -0.2) is 22.4 Å². The maximum atomic E-state index is 13.0. The number of H-pyrrole nitrogens is 1. The minimum absolute atomic E-state index is 0.146. The maximum Gasteiger partial charge on any atom is 0.412 e. The molecule has 2 amide bonds. The number of hydrogen-bond donors (Lipinski definition) is 3. The van der Waals surface area contributed by atoms with Gasteiger partial charge in [0, 0.05) is 6.07 Å². The van der Waals surface area contributed by atoms with E-state index in [0.717, 1.165) is 24.3 Å². The first-order valence-corrected chi connectivity index (χ1v) is 5.75. The minimum Gasteiger partial charge on any atom is -0.322 e. The van der Waals surface area contributed by atoms with Crippen molar-refractivity contribution in [1.82, 2.24) is 15.5 Å². The number of urea groups is 1. The number of aromatic nitrogens is 2. The van der Waals surface area contributed by atoms with Gasteiger partial charge in [-0.15, -0.1) is 0 Å². The van der Waals surface area contributed by atoms with Gasteiger partial charge in [-0.05, 0) is 17.7 Å². The third-order valence-corrected chi connectivity index (χ3v) is 2.56. The fourth-order valence-electron chi connectivity index (χ4n) is 1.62. The Morgan fingerprint density at radius 3 is 2.38 bits per heavy atom. The molecule has 3 N–H and O–H groups in total. The van der Waals surface area contributed by atoms with Crippen LogP contribution in [0.2, 0.25) is 0 Å². The van der Waals surface area contributed by atoms with E-state index in [4.69, 9.17) is 0 Å². The molecule has 5 nitrogen and oxygen atoms in total. The SMILES string of the molecule is O=C(Nc1ccn[nH]1)N[C@@H](c1ccc(F)cc1)C(F)(F)F. The van der Waals surface area contributed by atoms with Gasteiger partial charge in [0.2, 0.25) is 0 Å². The van der Waals surface area contributed by atoms with Gasteiger partial charge in [-0.1, -0.05) is 12.1 Å². The van der Waals surface area contributed by atoms with Gasteiger partial charge < -0.3 is 5.32 Å². The van der Waals surface area contributed by atoms with Gasteiger partial charge in [0.25, 0.3) is 0 Å². The second-order valence-corrected chi connectivity index (χ2v) is 4.09. The zero-order chi connectivity index (χ0) is 15.5. The summed E-state index contributed by atoms with van der Waals surface area (Å²) < 4.78 is 51.7. The molecule has 1 aromatic carbocycles. The standard InChI is InChI=1S/C12H10F4N4O/c13-8-3-1-7(2-4-8)10(12(14,15)16)19-11(21)18-9-5-6-17-20-9/h1-6,10H,(H3,17,18,19,20,21)/t10-/m0/s1. The lowest BCUT2D eigenvalue weighted by Crippen LogP contribution is -2.40. The molecule has 1 heterocycles. The molecule has 0 saturated heterocycles. The fourth-order valence-corrected chi connectivity index (χ4v) is 1.62. The van der Waals surface area contributed by atoms with E-state index in [2.05, 4.69) is 15.5 Å². The monoisotopic (exact) mass is 302 g/mol. The van der Waals surface area contributed by atoms with Gasteiger partial charge >= 0.3 is 12.2 Å². The van der Waals surface area contributed by atoms with Gasteiger partial charge in [0.05, 0.1) is 6.20 Å². The molecular formula is C12H10F4N4O. The van der Waals surface area contributed by atoms with Crippen molar-refractivity contribution in [2.24, 2.45) is 0 Å². The van der Waals surface area contributed by atoms with Crippen molar-refractivity contribution >= 4 is 11.8 Å². The quantitative estimate of drug-likeness (QED) is 0.763. The van der Waals surface area contributed by atoms with Crippen molar-refractivity contribution in [3.63, 3.8) is 0 Å². The number of aromatic amines is 1. The van der Waals surface area contributed by atoms with Gasteiger partial charge in [0.1, 0.15) is 11.6 Å². The third-order valence-electron chi connectivity index (χ3n) is 2.56. The van der Waals surface area contributed by atoms with Crippen LogP contribution >= 0.6 is 0 Å². The third kappa shape index (κ3) is 3.94. The van der Waals surface area contributed by atoms with Crippen LogP contribution in [0.15, 0.2) is 36.5 Å². The normalized spacial score (nSPS) is 12.8. The highest BCUT2D eigenvalue weighted by molar-refractivity contribution is 5.88. The van der Waals surface area contributed by atoms with E-state index in [1.54, 1.807) is 5.32 Å². The first kappa shape index (κ1) is 14.8. The number of alkyl halides is 3. The molecule has 2 aromatic rings. The van der Waals surface area contributed by atoms with Gasteiger partial charge in [-0.2, -0.15) is 18.3 Å². The molecule has 0 fully saturated rings. The Balaban J connectivity index is 2.13.